The van der Waals surface area contributed by atoms with Gasteiger partial charge in [-0.2, -0.15) is 4.98 Å². The Morgan fingerprint density at radius 2 is 0.988 bits per heavy atom. The zero-order chi connectivity index (χ0) is 61.4. The van der Waals surface area contributed by atoms with Crippen molar-refractivity contribution < 1.29 is 103 Å². The molecule has 18 N–H and O–H groups in total. The van der Waals surface area contributed by atoms with Crippen LogP contribution in [0.1, 0.15) is 73.8 Å². The number of nitrogens with zero attached hydrogens (tertiary/aromatic N) is 6. The van der Waals surface area contributed by atoms with E-state index in [0.717, 1.165) is 0 Å². The number of fused-ring (bicyclic) bond motifs is 1. The summed E-state index contributed by atoms with van der Waals surface area (Å²) >= 11 is 0. The number of hydrogen-bond acceptors (Lipinski definition) is 21. The highest BCUT2D eigenvalue weighted by atomic mass is 16.4. The summed E-state index contributed by atoms with van der Waals surface area (Å²) in [7, 11) is 0. The van der Waals surface area contributed by atoms with E-state index < -0.39 is 176 Å². The summed E-state index contributed by atoms with van der Waals surface area (Å²) in [4.78, 5) is 205. The number of nitrogens with one attached hydrogen (secondary N) is 9. The van der Waals surface area contributed by atoms with Gasteiger partial charge in [-0.3, -0.25) is 67.3 Å². The number of nitrogen functional groups attached to an aromatic ring is 1. The van der Waals surface area contributed by atoms with Crippen LogP contribution >= 0.6 is 0 Å². The predicted octanol–water partition coefficient (Wildman–Crippen LogP) is -4.67. The van der Waals surface area contributed by atoms with Crippen LogP contribution in [0.25, 0.3) is 21.6 Å². The van der Waals surface area contributed by atoms with Gasteiger partial charge >= 0.3 is 41.8 Å². The van der Waals surface area contributed by atoms with Crippen LogP contribution in [-0.4, -0.2) is 188 Å². The van der Waals surface area contributed by atoms with Gasteiger partial charge in [-0.1, -0.05) is 5.11 Å². The minimum Gasteiger partial charge on any atom is -0.481 e. The largest absolute Gasteiger partial charge is 0.481 e. The van der Waals surface area contributed by atoms with Crippen LogP contribution in [-0.2, 0) is 68.9 Å². The molecular formula is C44H52N16O22. The molecule has 0 saturated carbocycles. The lowest BCUT2D eigenvalue weighted by Gasteiger charge is -2.26. The van der Waals surface area contributed by atoms with Crippen LogP contribution < -0.4 is 53.8 Å². The lowest BCUT2D eigenvalue weighted by molar-refractivity contribution is -0.145. The van der Waals surface area contributed by atoms with E-state index in [4.69, 9.17) is 11.3 Å². The summed E-state index contributed by atoms with van der Waals surface area (Å²) in [6, 6.07) is -9.41. The summed E-state index contributed by atoms with van der Waals surface area (Å²) in [5.74, 6) is -22.7. The monoisotopic (exact) mass is 1160 g/mol. The number of nitrogens with two attached hydrogens (primary N) is 1. The first-order valence-corrected chi connectivity index (χ1v) is 23.6. The van der Waals surface area contributed by atoms with Gasteiger partial charge in [-0.25, -0.2) is 19.6 Å². The number of aliphatic carboxylic acids is 7. The third-order valence-corrected chi connectivity index (χ3v) is 10.9. The lowest BCUT2D eigenvalue weighted by Crippen LogP contribution is -2.60. The lowest BCUT2D eigenvalue weighted by atomic mass is 10.1. The van der Waals surface area contributed by atoms with Gasteiger partial charge in [0, 0.05) is 29.1 Å². The molecule has 0 aliphatic carbocycles. The van der Waals surface area contributed by atoms with E-state index in [1.807, 2.05) is 21.3 Å². The molecule has 3 rings (SSSR count). The first-order valence-electron chi connectivity index (χ1n) is 23.6. The Hall–Kier alpha value is -11.1. The van der Waals surface area contributed by atoms with Gasteiger partial charge in [0.1, 0.15) is 42.3 Å². The highest BCUT2D eigenvalue weighted by Crippen LogP contribution is 2.13. The number of anilines is 2. The van der Waals surface area contributed by atoms with Gasteiger partial charge in [-0.15, -0.1) is 0 Å². The van der Waals surface area contributed by atoms with Gasteiger partial charge in [0.15, 0.2) is 11.2 Å². The molecule has 7 atom stereocenters. The number of aromatic amines is 1. The summed E-state index contributed by atoms with van der Waals surface area (Å²) in [5.41, 5.74) is 14.0. The highest BCUT2D eigenvalue weighted by Gasteiger charge is 2.37. The van der Waals surface area contributed by atoms with Crippen molar-refractivity contribution in [3.8, 4) is 0 Å². The second-order valence-electron chi connectivity index (χ2n) is 17.2. The van der Waals surface area contributed by atoms with E-state index in [-0.39, 0.29) is 48.6 Å². The number of aromatic nitrogens is 4. The average Bonchev–Trinajstić information content (AvgIpc) is 3.53. The normalized spacial score (nSPS) is 13.2. The molecule has 0 aliphatic rings. The Labute approximate surface area is 457 Å². The molecular weight excluding hydrogens is 1100 g/mol. The van der Waals surface area contributed by atoms with Crippen molar-refractivity contribution in [3.63, 3.8) is 0 Å². The first kappa shape index (κ1) is 65.2. The van der Waals surface area contributed by atoms with E-state index in [1.54, 1.807) is 10.6 Å². The van der Waals surface area contributed by atoms with E-state index >= 15 is 0 Å². The minimum absolute atomic E-state index is 0.0165. The third-order valence-electron chi connectivity index (χ3n) is 10.9. The van der Waals surface area contributed by atoms with Gasteiger partial charge < -0.3 is 84.0 Å². The summed E-state index contributed by atoms with van der Waals surface area (Å²) < 4.78 is 0. The number of carbonyl (C=O) groups is 14. The number of rotatable bonds is 35. The molecule has 82 heavy (non-hydrogen) atoms. The van der Waals surface area contributed by atoms with Crippen LogP contribution in [0.15, 0.2) is 40.4 Å². The third kappa shape index (κ3) is 22.1. The number of hydrogen-bond donors (Lipinski definition) is 17. The van der Waals surface area contributed by atoms with E-state index in [9.17, 15) is 108 Å². The number of carboxylic acid groups (broad SMARTS) is 7. The average molecular weight is 1160 g/mol. The van der Waals surface area contributed by atoms with Gasteiger partial charge in [0.25, 0.3) is 11.5 Å². The standard InChI is InChI=1S/C44H52N16O22/c45-44-58-34-33(41(78)59-44)50-19(16-48-34)15-47-18-5-3-17(4-6-18)35(72)52-21(43(81)82)7-8-27(61)51-22(10-28(62)63)36(73)54-24(12-30(66)67)38(75)56-26(14-32(70)71)40(77)57-25(13-31(68)69)39(76)55-23(11-29(64)65)37(74)53-20(42(79)80)2-1-9-49-60-46/h3-6,16,20-26,47H,1-2,7-15H2,(H,51,61)(H,52,72)(H,53,74)(H,54,73)(H,55,76)(H,56,75)(H,57,77)(H,62,63)(H,64,65)(H,66,67)(H,68,69)(H,70,71)(H,79,80)(H,81,82)(H3,45,48,58,59,78)/t20-,21-,22+,23+,24+,25+,26+/m0/s1. The number of carbonyl (C=O) groups excluding carboxylic acids is 7. The molecule has 2 heterocycles. The maximum Gasteiger partial charge on any atom is 0.326 e. The zero-order valence-electron chi connectivity index (χ0n) is 42.2. The van der Waals surface area contributed by atoms with Crippen LogP contribution in [0.4, 0.5) is 11.6 Å². The van der Waals surface area contributed by atoms with Gasteiger partial charge in [-0.05, 0) is 49.1 Å². The molecule has 38 nitrogen and oxygen atoms in total. The Bertz CT molecular complexity index is 3080. The van der Waals surface area contributed by atoms with E-state index in [1.165, 1.54) is 30.5 Å². The van der Waals surface area contributed by atoms with Crippen molar-refractivity contribution in [1.82, 2.24) is 57.2 Å². The first-order chi connectivity index (χ1) is 38.6. The topological polar surface area (TPSA) is 623 Å². The summed E-state index contributed by atoms with van der Waals surface area (Å²) in [6.07, 6.45) is -7.33. The van der Waals surface area contributed by atoms with E-state index in [0.29, 0.717) is 11.4 Å². The van der Waals surface area contributed by atoms with Crippen molar-refractivity contribution in [2.24, 2.45) is 5.11 Å². The molecule has 440 valence electrons. The fourth-order valence-electron chi connectivity index (χ4n) is 6.98. The predicted molar refractivity (Wildman–Crippen MR) is 268 cm³/mol. The Morgan fingerprint density at radius 1 is 0.573 bits per heavy atom. The van der Waals surface area contributed by atoms with Crippen LogP contribution in [0, 0.1) is 0 Å². The quantitative estimate of drug-likeness (QED) is 0.0114. The molecule has 0 unspecified atom stereocenters. The minimum atomic E-state index is -2.38. The molecule has 0 radical (unpaired) electrons. The number of azide groups is 1. The van der Waals surface area contributed by atoms with Gasteiger partial charge in [0.05, 0.1) is 50.5 Å². The molecule has 7 amide bonds. The Kier molecular flexibility index (Phi) is 24.9. The molecule has 3 aromatic rings. The summed E-state index contributed by atoms with van der Waals surface area (Å²) in [5, 5.41) is 86.4. The Morgan fingerprint density at radius 3 is 1.40 bits per heavy atom. The van der Waals surface area contributed by atoms with Crippen LogP contribution in [0.2, 0.25) is 0 Å². The molecule has 2 aromatic heterocycles. The number of H-pyrrole nitrogens is 1. The Balaban J connectivity index is 1.71. The molecule has 0 bridgehead atoms. The molecule has 0 spiro atoms. The highest BCUT2D eigenvalue weighted by molar-refractivity contribution is 6.01. The number of carboxylic acids is 7. The van der Waals surface area contributed by atoms with Gasteiger partial charge in [0.2, 0.25) is 41.4 Å². The summed E-state index contributed by atoms with van der Waals surface area (Å²) in [6.45, 7) is -0.160. The van der Waals surface area contributed by atoms with Crippen molar-refractivity contribution >= 4 is 106 Å². The van der Waals surface area contributed by atoms with Crippen LogP contribution in [0.3, 0.4) is 0 Å². The van der Waals surface area contributed by atoms with Crippen molar-refractivity contribution in [1.29, 1.82) is 0 Å². The number of benzene rings is 1. The van der Waals surface area contributed by atoms with Crippen LogP contribution in [0.5, 0.6) is 0 Å². The van der Waals surface area contributed by atoms with Crippen molar-refractivity contribution in [3.05, 3.63) is 62.5 Å². The maximum atomic E-state index is 13.5. The molecule has 38 heteroatoms. The molecule has 0 aliphatic heterocycles. The second kappa shape index (κ2) is 31.4. The molecule has 0 saturated heterocycles. The SMILES string of the molecule is [N-]=[N+]=NCCC[C@H](NC(=O)[C@@H](CC(=O)O)NC(=O)[C@@H](CC(=O)O)NC(=O)[C@@H](CC(=O)O)NC(=O)[C@@H](CC(=O)O)NC(=O)[C@@H](CC(=O)O)NC(=O)CC[C@H](NC(=O)c1ccc(NCc2cnc3nc(N)[nH]c(=O)c3n2)cc1)C(=O)O)C(=O)O. The van der Waals surface area contributed by atoms with E-state index in [2.05, 4.69) is 40.6 Å². The zero-order valence-corrected chi connectivity index (χ0v) is 42.2. The van der Waals surface area contributed by atoms with Crippen molar-refractivity contribution in [2.45, 2.75) is 107 Å². The molecule has 0 fully saturated rings. The smallest absolute Gasteiger partial charge is 0.326 e. The molecule has 1 aromatic carbocycles. The van der Waals surface area contributed by atoms with Crippen molar-refractivity contribution in [2.75, 3.05) is 17.6 Å². The maximum absolute atomic E-state index is 13.5. The number of amides is 7. The fourth-order valence-corrected chi connectivity index (χ4v) is 6.98. The fraction of sp³-hybridized carbons (Fsp3) is 0.409. The second-order valence-corrected chi connectivity index (χ2v) is 17.2.